The first-order chi connectivity index (χ1) is 9.52. The van der Waals surface area contributed by atoms with Crippen LogP contribution in [0.5, 0.6) is 11.5 Å². The molecule has 0 aliphatic heterocycles. The average molecular weight is 273 g/mol. The predicted molar refractivity (Wildman–Crippen MR) is 76.8 cm³/mol. The van der Waals surface area contributed by atoms with E-state index in [0.717, 1.165) is 0 Å². The van der Waals surface area contributed by atoms with Crippen molar-refractivity contribution < 1.29 is 15.0 Å². The maximum Gasteiger partial charge on any atom is 0.258 e. The number of phenolic OH excluding ortho intramolecular Hbond substituents is 2. The molecule has 0 fully saturated rings. The fraction of sp³-hybridized carbons (Fsp3) is 0.0714. The van der Waals surface area contributed by atoms with Gasteiger partial charge in [0.15, 0.2) is 11.5 Å². The van der Waals surface area contributed by atoms with E-state index in [1.807, 2.05) is 0 Å². The van der Waals surface area contributed by atoms with Crippen molar-refractivity contribution in [3.05, 3.63) is 48.0 Å². The SMILES string of the molecule is CN(C(=O)c1cccc(NN)c1)c1ccc(O)c(O)c1. The number of nitrogen functional groups attached to an aromatic ring is 1. The molecule has 104 valence electrons. The summed E-state index contributed by atoms with van der Waals surface area (Å²) < 4.78 is 0. The van der Waals surface area contributed by atoms with Crippen LogP contribution in [-0.4, -0.2) is 23.2 Å². The zero-order valence-electron chi connectivity index (χ0n) is 10.9. The minimum absolute atomic E-state index is 0.232. The number of hydrogen-bond acceptors (Lipinski definition) is 5. The van der Waals surface area contributed by atoms with Crippen LogP contribution in [0, 0.1) is 0 Å². The number of nitrogens with one attached hydrogen (secondary N) is 1. The van der Waals surface area contributed by atoms with Gasteiger partial charge in [-0.25, -0.2) is 0 Å². The molecule has 0 saturated heterocycles. The normalized spacial score (nSPS) is 10.1. The van der Waals surface area contributed by atoms with E-state index in [9.17, 15) is 15.0 Å². The number of nitrogens with two attached hydrogens (primary N) is 1. The first-order valence-electron chi connectivity index (χ1n) is 5.89. The minimum atomic E-state index is -0.278. The standard InChI is InChI=1S/C14H15N3O3/c1-17(11-5-6-12(18)13(19)8-11)14(20)9-3-2-4-10(7-9)16-15/h2-8,16,18-19H,15H2,1H3. The van der Waals surface area contributed by atoms with Gasteiger partial charge in [0, 0.05) is 30.1 Å². The molecule has 1 amide bonds. The number of hydrogen-bond donors (Lipinski definition) is 4. The van der Waals surface area contributed by atoms with Crippen molar-refractivity contribution in [1.29, 1.82) is 0 Å². The van der Waals surface area contributed by atoms with Crippen molar-refractivity contribution in [2.75, 3.05) is 17.4 Å². The molecule has 0 bridgehead atoms. The molecule has 6 nitrogen and oxygen atoms in total. The zero-order chi connectivity index (χ0) is 14.7. The number of nitrogens with zero attached hydrogens (tertiary/aromatic N) is 1. The molecular weight excluding hydrogens is 258 g/mol. The van der Waals surface area contributed by atoms with Crippen molar-refractivity contribution in [2.45, 2.75) is 0 Å². The van der Waals surface area contributed by atoms with Crippen molar-refractivity contribution in [2.24, 2.45) is 5.84 Å². The van der Waals surface area contributed by atoms with E-state index in [0.29, 0.717) is 16.9 Å². The maximum atomic E-state index is 12.3. The van der Waals surface area contributed by atoms with Gasteiger partial charge in [-0.15, -0.1) is 0 Å². The molecule has 0 aliphatic carbocycles. The summed E-state index contributed by atoms with van der Waals surface area (Å²) in [4.78, 5) is 13.7. The Kier molecular flexibility index (Phi) is 3.76. The Balaban J connectivity index is 2.29. The van der Waals surface area contributed by atoms with E-state index in [1.165, 1.54) is 23.1 Å². The third kappa shape index (κ3) is 2.65. The van der Waals surface area contributed by atoms with Gasteiger partial charge in [0.2, 0.25) is 0 Å². The summed E-state index contributed by atoms with van der Waals surface area (Å²) in [5, 5.41) is 18.7. The molecule has 0 aromatic heterocycles. The third-order valence-electron chi connectivity index (χ3n) is 2.93. The highest BCUT2D eigenvalue weighted by atomic mass is 16.3. The number of rotatable bonds is 3. The van der Waals surface area contributed by atoms with Crippen LogP contribution in [0.15, 0.2) is 42.5 Å². The molecule has 2 aromatic rings. The Morgan fingerprint density at radius 2 is 1.90 bits per heavy atom. The van der Waals surface area contributed by atoms with Crippen LogP contribution in [-0.2, 0) is 0 Å². The van der Waals surface area contributed by atoms with Crippen molar-refractivity contribution in [3.8, 4) is 11.5 Å². The lowest BCUT2D eigenvalue weighted by Crippen LogP contribution is -2.26. The van der Waals surface area contributed by atoms with Gasteiger partial charge in [-0.2, -0.15) is 0 Å². The summed E-state index contributed by atoms with van der Waals surface area (Å²) >= 11 is 0. The van der Waals surface area contributed by atoms with Gasteiger partial charge >= 0.3 is 0 Å². The molecule has 0 aliphatic rings. The van der Waals surface area contributed by atoms with Crippen molar-refractivity contribution in [1.82, 2.24) is 0 Å². The van der Waals surface area contributed by atoms with Gasteiger partial charge in [-0.3, -0.25) is 10.6 Å². The molecule has 0 saturated carbocycles. The van der Waals surface area contributed by atoms with Gasteiger partial charge < -0.3 is 20.5 Å². The van der Waals surface area contributed by atoms with E-state index in [-0.39, 0.29) is 17.4 Å². The highest BCUT2D eigenvalue weighted by Crippen LogP contribution is 2.29. The Labute approximate surface area is 116 Å². The summed E-state index contributed by atoms with van der Waals surface area (Å²) in [5.41, 5.74) is 4.02. The summed E-state index contributed by atoms with van der Waals surface area (Å²) in [7, 11) is 1.58. The lowest BCUT2D eigenvalue weighted by molar-refractivity contribution is 0.0993. The maximum absolute atomic E-state index is 12.3. The third-order valence-corrected chi connectivity index (χ3v) is 2.93. The van der Waals surface area contributed by atoms with Crippen LogP contribution in [0.25, 0.3) is 0 Å². The van der Waals surface area contributed by atoms with Crippen molar-refractivity contribution in [3.63, 3.8) is 0 Å². The van der Waals surface area contributed by atoms with E-state index in [1.54, 1.807) is 31.3 Å². The molecular formula is C14H15N3O3. The van der Waals surface area contributed by atoms with E-state index < -0.39 is 0 Å². The highest BCUT2D eigenvalue weighted by Gasteiger charge is 2.15. The van der Waals surface area contributed by atoms with E-state index in [2.05, 4.69) is 5.43 Å². The summed E-state index contributed by atoms with van der Waals surface area (Å²) in [5.74, 6) is 4.54. The first kappa shape index (κ1) is 13.7. The van der Waals surface area contributed by atoms with E-state index in [4.69, 9.17) is 5.84 Å². The molecule has 20 heavy (non-hydrogen) atoms. The Bertz CT molecular complexity index is 643. The smallest absolute Gasteiger partial charge is 0.258 e. The number of carbonyl (C=O) groups excluding carboxylic acids is 1. The van der Waals surface area contributed by atoms with Crippen molar-refractivity contribution >= 4 is 17.3 Å². The molecule has 0 atom stereocenters. The monoisotopic (exact) mass is 273 g/mol. The fourth-order valence-electron chi connectivity index (χ4n) is 1.77. The lowest BCUT2D eigenvalue weighted by Gasteiger charge is -2.18. The Hall–Kier alpha value is -2.73. The summed E-state index contributed by atoms with van der Waals surface area (Å²) in [6.07, 6.45) is 0. The average Bonchev–Trinajstić information content (AvgIpc) is 2.48. The second-order valence-electron chi connectivity index (χ2n) is 4.26. The lowest BCUT2D eigenvalue weighted by atomic mass is 10.1. The topological polar surface area (TPSA) is 98.8 Å². The van der Waals surface area contributed by atoms with Crippen LogP contribution < -0.4 is 16.2 Å². The predicted octanol–water partition coefficient (Wildman–Crippen LogP) is 1.66. The van der Waals surface area contributed by atoms with Gasteiger partial charge in [-0.05, 0) is 30.3 Å². The zero-order valence-corrected chi connectivity index (χ0v) is 10.9. The molecule has 0 radical (unpaired) electrons. The second-order valence-corrected chi connectivity index (χ2v) is 4.26. The number of amides is 1. The van der Waals surface area contributed by atoms with Gasteiger partial charge in [-0.1, -0.05) is 6.07 Å². The number of anilines is 2. The molecule has 0 unspecified atom stereocenters. The number of hydrazine groups is 1. The molecule has 6 heteroatoms. The first-order valence-corrected chi connectivity index (χ1v) is 5.89. The van der Waals surface area contributed by atoms with Crippen LogP contribution >= 0.6 is 0 Å². The summed E-state index contributed by atoms with van der Waals surface area (Å²) in [6, 6.07) is 10.9. The highest BCUT2D eigenvalue weighted by molar-refractivity contribution is 6.06. The number of carbonyl (C=O) groups is 1. The second kappa shape index (κ2) is 5.50. The molecule has 2 aromatic carbocycles. The largest absolute Gasteiger partial charge is 0.504 e. The number of aromatic hydroxyl groups is 2. The minimum Gasteiger partial charge on any atom is -0.504 e. The van der Waals surface area contributed by atoms with E-state index >= 15 is 0 Å². The van der Waals surface area contributed by atoms with Crippen LogP contribution in [0.3, 0.4) is 0 Å². The Morgan fingerprint density at radius 3 is 2.55 bits per heavy atom. The van der Waals surface area contributed by atoms with Crippen LogP contribution in [0.1, 0.15) is 10.4 Å². The fourth-order valence-corrected chi connectivity index (χ4v) is 1.77. The summed E-state index contributed by atoms with van der Waals surface area (Å²) in [6.45, 7) is 0. The van der Waals surface area contributed by atoms with Crippen LogP contribution in [0.2, 0.25) is 0 Å². The molecule has 2 rings (SSSR count). The Morgan fingerprint density at radius 1 is 1.15 bits per heavy atom. The molecule has 5 N–H and O–H groups in total. The quantitative estimate of drug-likeness (QED) is 0.387. The van der Waals surface area contributed by atoms with Crippen LogP contribution in [0.4, 0.5) is 11.4 Å². The molecule has 0 spiro atoms. The van der Waals surface area contributed by atoms with Gasteiger partial charge in [0.25, 0.3) is 5.91 Å². The van der Waals surface area contributed by atoms with Gasteiger partial charge in [0.05, 0.1) is 0 Å². The van der Waals surface area contributed by atoms with Gasteiger partial charge in [0.1, 0.15) is 0 Å². The molecule has 0 heterocycles. The number of benzene rings is 2. The number of phenols is 2.